The molecular formula is C10H14ClNO. The van der Waals surface area contributed by atoms with Gasteiger partial charge < -0.3 is 4.84 Å². The van der Waals surface area contributed by atoms with Gasteiger partial charge in [-0.1, -0.05) is 17.7 Å². The predicted molar refractivity (Wildman–Crippen MR) is 54.8 cm³/mol. The molecule has 0 heterocycles. The van der Waals surface area contributed by atoms with Crippen LogP contribution in [0.15, 0.2) is 12.1 Å². The molecule has 0 spiro atoms. The second-order valence-corrected chi connectivity index (χ2v) is 3.50. The van der Waals surface area contributed by atoms with Gasteiger partial charge in [-0.15, -0.1) is 0 Å². The number of hydrogen-bond donors (Lipinski definition) is 1. The van der Waals surface area contributed by atoms with Gasteiger partial charge in [-0.25, -0.2) is 5.90 Å². The Labute approximate surface area is 83.6 Å². The molecule has 1 aromatic carbocycles. The highest BCUT2D eigenvalue weighted by molar-refractivity contribution is 6.31. The molecule has 0 aliphatic carbocycles. The van der Waals surface area contributed by atoms with Gasteiger partial charge in [0.2, 0.25) is 0 Å². The minimum absolute atomic E-state index is 0.530. The molecule has 3 heteroatoms. The van der Waals surface area contributed by atoms with Gasteiger partial charge in [0.15, 0.2) is 0 Å². The number of hydrogen-bond acceptors (Lipinski definition) is 2. The number of aryl methyl sites for hydroxylation is 1. The molecule has 0 amide bonds. The molecule has 0 radical (unpaired) electrons. The molecule has 0 saturated heterocycles. The highest BCUT2D eigenvalue weighted by Crippen LogP contribution is 2.22. The van der Waals surface area contributed by atoms with Crippen LogP contribution in [0.4, 0.5) is 0 Å². The number of halogens is 1. The van der Waals surface area contributed by atoms with Gasteiger partial charge in [-0.3, -0.25) is 0 Å². The normalized spacial score (nSPS) is 10.5. The second-order valence-electron chi connectivity index (χ2n) is 3.09. The number of rotatable bonds is 3. The van der Waals surface area contributed by atoms with Crippen molar-refractivity contribution in [3.05, 3.63) is 33.8 Å². The van der Waals surface area contributed by atoms with Gasteiger partial charge in [0.05, 0.1) is 6.61 Å². The summed E-state index contributed by atoms with van der Waals surface area (Å²) in [5, 5.41) is 0.803. The predicted octanol–water partition coefficient (Wildman–Crippen LogP) is 2.39. The van der Waals surface area contributed by atoms with E-state index in [-0.39, 0.29) is 0 Å². The van der Waals surface area contributed by atoms with Crippen LogP contribution in [-0.2, 0) is 11.3 Å². The molecule has 1 aromatic rings. The SMILES string of the molecule is Cc1ccc(Cl)c(C)c1CCON. The summed E-state index contributed by atoms with van der Waals surface area (Å²) < 4.78 is 0. The maximum absolute atomic E-state index is 5.99. The van der Waals surface area contributed by atoms with E-state index < -0.39 is 0 Å². The molecule has 0 aromatic heterocycles. The zero-order chi connectivity index (χ0) is 9.84. The van der Waals surface area contributed by atoms with Crippen molar-refractivity contribution in [1.29, 1.82) is 0 Å². The smallest absolute Gasteiger partial charge is 0.0719 e. The van der Waals surface area contributed by atoms with Crippen molar-refractivity contribution >= 4 is 11.6 Å². The van der Waals surface area contributed by atoms with E-state index in [0.717, 1.165) is 17.0 Å². The maximum atomic E-state index is 5.99. The summed E-state index contributed by atoms with van der Waals surface area (Å²) in [5.74, 6) is 4.98. The highest BCUT2D eigenvalue weighted by atomic mass is 35.5. The molecule has 0 saturated carbocycles. The van der Waals surface area contributed by atoms with E-state index in [1.807, 2.05) is 19.1 Å². The van der Waals surface area contributed by atoms with Gasteiger partial charge in [0.1, 0.15) is 0 Å². The first-order chi connectivity index (χ1) is 6.16. The van der Waals surface area contributed by atoms with Gasteiger partial charge in [-0.2, -0.15) is 0 Å². The molecule has 0 unspecified atom stereocenters. The Bertz CT molecular complexity index is 299. The Morgan fingerprint density at radius 3 is 2.69 bits per heavy atom. The summed E-state index contributed by atoms with van der Waals surface area (Å²) in [5.41, 5.74) is 3.59. The minimum Gasteiger partial charge on any atom is -0.304 e. The molecule has 0 bridgehead atoms. The summed E-state index contributed by atoms with van der Waals surface area (Å²) in [6.45, 7) is 4.61. The lowest BCUT2D eigenvalue weighted by atomic mass is 10.0. The van der Waals surface area contributed by atoms with Crippen molar-refractivity contribution in [3.8, 4) is 0 Å². The average molecular weight is 200 g/mol. The van der Waals surface area contributed by atoms with E-state index in [2.05, 4.69) is 11.8 Å². The van der Waals surface area contributed by atoms with Crippen molar-refractivity contribution in [2.24, 2.45) is 5.90 Å². The van der Waals surface area contributed by atoms with Gasteiger partial charge >= 0.3 is 0 Å². The molecule has 2 nitrogen and oxygen atoms in total. The highest BCUT2D eigenvalue weighted by Gasteiger charge is 2.05. The Balaban J connectivity index is 2.96. The van der Waals surface area contributed by atoms with E-state index in [0.29, 0.717) is 6.61 Å². The van der Waals surface area contributed by atoms with Gasteiger partial charge in [0, 0.05) is 5.02 Å². The molecule has 0 fully saturated rings. The van der Waals surface area contributed by atoms with Crippen molar-refractivity contribution in [2.75, 3.05) is 6.61 Å². The van der Waals surface area contributed by atoms with Crippen molar-refractivity contribution in [2.45, 2.75) is 20.3 Å². The third-order valence-corrected chi connectivity index (χ3v) is 2.65. The molecule has 13 heavy (non-hydrogen) atoms. The second kappa shape index (κ2) is 4.61. The van der Waals surface area contributed by atoms with Crippen LogP contribution in [0.5, 0.6) is 0 Å². The maximum Gasteiger partial charge on any atom is 0.0719 e. The van der Waals surface area contributed by atoms with Crippen LogP contribution < -0.4 is 5.90 Å². The van der Waals surface area contributed by atoms with Crippen LogP contribution in [0.25, 0.3) is 0 Å². The summed E-state index contributed by atoms with van der Waals surface area (Å²) in [6, 6.07) is 3.93. The third kappa shape index (κ3) is 2.44. The Morgan fingerprint density at radius 1 is 1.38 bits per heavy atom. The quantitative estimate of drug-likeness (QED) is 0.759. The Kier molecular flexibility index (Phi) is 3.72. The fraction of sp³-hybridized carbons (Fsp3) is 0.400. The molecular weight excluding hydrogens is 186 g/mol. The minimum atomic E-state index is 0.530. The summed E-state index contributed by atoms with van der Waals surface area (Å²) in [6.07, 6.45) is 0.814. The van der Waals surface area contributed by atoms with Crippen molar-refractivity contribution in [3.63, 3.8) is 0 Å². The lowest BCUT2D eigenvalue weighted by Crippen LogP contribution is -2.06. The van der Waals surface area contributed by atoms with Gasteiger partial charge in [0.25, 0.3) is 0 Å². The summed E-state index contributed by atoms with van der Waals surface area (Å²) >= 11 is 5.99. The van der Waals surface area contributed by atoms with E-state index >= 15 is 0 Å². The van der Waals surface area contributed by atoms with Crippen LogP contribution in [0.3, 0.4) is 0 Å². The first-order valence-electron chi connectivity index (χ1n) is 4.23. The zero-order valence-corrected chi connectivity index (χ0v) is 8.69. The van der Waals surface area contributed by atoms with Crippen LogP contribution in [0, 0.1) is 13.8 Å². The molecule has 0 aliphatic rings. The molecule has 72 valence electrons. The Morgan fingerprint density at radius 2 is 2.08 bits per heavy atom. The third-order valence-electron chi connectivity index (χ3n) is 2.24. The average Bonchev–Trinajstić information content (AvgIpc) is 2.12. The zero-order valence-electron chi connectivity index (χ0n) is 7.93. The molecule has 2 N–H and O–H groups in total. The van der Waals surface area contributed by atoms with Crippen LogP contribution in [0.2, 0.25) is 5.02 Å². The van der Waals surface area contributed by atoms with E-state index in [4.69, 9.17) is 17.5 Å². The van der Waals surface area contributed by atoms with Gasteiger partial charge in [-0.05, 0) is 43.0 Å². The number of benzene rings is 1. The summed E-state index contributed by atoms with van der Waals surface area (Å²) in [4.78, 5) is 4.55. The van der Waals surface area contributed by atoms with Crippen LogP contribution >= 0.6 is 11.6 Å². The monoisotopic (exact) mass is 199 g/mol. The topological polar surface area (TPSA) is 35.2 Å². The van der Waals surface area contributed by atoms with Crippen LogP contribution in [-0.4, -0.2) is 6.61 Å². The van der Waals surface area contributed by atoms with Crippen molar-refractivity contribution in [1.82, 2.24) is 0 Å². The lowest BCUT2D eigenvalue weighted by Gasteiger charge is -2.10. The van der Waals surface area contributed by atoms with E-state index in [9.17, 15) is 0 Å². The van der Waals surface area contributed by atoms with E-state index in [1.54, 1.807) is 0 Å². The first kappa shape index (κ1) is 10.5. The van der Waals surface area contributed by atoms with Crippen molar-refractivity contribution < 1.29 is 4.84 Å². The lowest BCUT2D eigenvalue weighted by molar-refractivity contribution is 0.141. The Hall–Kier alpha value is -0.570. The fourth-order valence-electron chi connectivity index (χ4n) is 1.41. The fourth-order valence-corrected chi connectivity index (χ4v) is 1.59. The molecule has 1 rings (SSSR count). The van der Waals surface area contributed by atoms with Crippen LogP contribution in [0.1, 0.15) is 16.7 Å². The molecule has 0 atom stereocenters. The van der Waals surface area contributed by atoms with E-state index in [1.165, 1.54) is 11.1 Å². The largest absolute Gasteiger partial charge is 0.304 e. The number of nitrogens with two attached hydrogens (primary N) is 1. The molecule has 0 aliphatic heterocycles. The summed E-state index contributed by atoms with van der Waals surface area (Å²) in [7, 11) is 0. The standard InChI is InChI=1S/C10H14ClNO/c1-7-3-4-10(11)8(2)9(7)5-6-13-12/h3-4H,5-6,12H2,1-2H3. The first-order valence-corrected chi connectivity index (χ1v) is 4.61.